The van der Waals surface area contributed by atoms with Gasteiger partial charge in [-0.25, -0.2) is 9.78 Å². The molecule has 0 saturated carbocycles. The fraction of sp³-hybridized carbons (Fsp3) is 0.400. The van der Waals surface area contributed by atoms with Crippen molar-refractivity contribution in [1.29, 1.82) is 0 Å². The van der Waals surface area contributed by atoms with Crippen LogP contribution < -0.4 is 5.32 Å². The van der Waals surface area contributed by atoms with E-state index in [1.807, 2.05) is 30.0 Å². The second kappa shape index (κ2) is 8.74. The van der Waals surface area contributed by atoms with E-state index in [0.29, 0.717) is 19.0 Å². The Morgan fingerprint density at radius 3 is 2.47 bits per heavy atom. The molecule has 2 atom stereocenters. The number of aromatic amines is 1. The molecule has 3 heterocycles. The van der Waals surface area contributed by atoms with E-state index in [1.165, 1.54) is 11.1 Å². The van der Waals surface area contributed by atoms with Crippen molar-refractivity contribution in [2.45, 2.75) is 25.3 Å². The van der Waals surface area contributed by atoms with E-state index in [4.69, 9.17) is 4.98 Å². The summed E-state index contributed by atoms with van der Waals surface area (Å²) in [6.07, 6.45) is 0.833. The van der Waals surface area contributed by atoms with Gasteiger partial charge in [-0.2, -0.15) is 5.10 Å². The number of aryl methyl sites for hydroxylation is 1. The molecule has 166 valence electrons. The van der Waals surface area contributed by atoms with E-state index in [0.717, 1.165) is 44.2 Å². The van der Waals surface area contributed by atoms with Crippen LogP contribution in [0.2, 0.25) is 0 Å². The highest BCUT2D eigenvalue weighted by Crippen LogP contribution is 2.44. The molecule has 7 heteroatoms. The van der Waals surface area contributed by atoms with Gasteiger partial charge in [-0.15, -0.1) is 0 Å². The van der Waals surface area contributed by atoms with Crippen molar-refractivity contribution in [2.75, 3.05) is 32.7 Å². The van der Waals surface area contributed by atoms with Crippen LogP contribution >= 0.6 is 0 Å². The fourth-order valence-electron chi connectivity index (χ4n) is 5.24. The van der Waals surface area contributed by atoms with E-state index >= 15 is 0 Å². The predicted octanol–water partition coefficient (Wildman–Crippen LogP) is 2.75. The molecule has 3 aromatic rings. The lowest BCUT2D eigenvalue weighted by atomic mass is 9.80. The highest BCUT2D eigenvalue weighted by Gasteiger charge is 2.56. The largest absolute Gasteiger partial charge is 0.338 e. The number of likely N-dealkylation sites (tertiary alicyclic amines) is 2. The van der Waals surface area contributed by atoms with Crippen LogP contribution in [-0.2, 0) is 18.4 Å². The first-order valence-electron chi connectivity index (χ1n) is 11.3. The molecular weight excluding hydrogens is 400 g/mol. The maximum absolute atomic E-state index is 13.0. The molecule has 2 amide bonds. The van der Waals surface area contributed by atoms with E-state index in [2.05, 4.69) is 62.9 Å². The molecule has 2 aromatic carbocycles. The quantitative estimate of drug-likeness (QED) is 0.631. The highest BCUT2D eigenvalue weighted by atomic mass is 16.2. The number of H-pyrrole nitrogens is 1. The van der Waals surface area contributed by atoms with Gasteiger partial charge in [0, 0.05) is 45.2 Å². The van der Waals surface area contributed by atoms with E-state index in [9.17, 15) is 4.79 Å². The molecule has 0 bridgehead atoms. The molecule has 2 aliphatic heterocycles. The molecular formula is C25H30N6O. The summed E-state index contributed by atoms with van der Waals surface area (Å²) >= 11 is 0. The summed E-state index contributed by atoms with van der Waals surface area (Å²) in [6.45, 7) is 6.66. The molecule has 0 aliphatic carbocycles. The maximum atomic E-state index is 13.0. The summed E-state index contributed by atoms with van der Waals surface area (Å²) in [4.78, 5) is 22.1. The Bertz CT molecular complexity index is 1050. The summed E-state index contributed by atoms with van der Waals surface area (Å²) in [6, 6.07) is 20.8. The first kappa shape index (κ1) is 20.7. The molecule has 2 fully saturated rings. The molecule has 0 radical (unpaired) electrons. The van der Waals surface area contributed by atoms with Crippen molar-refractivity contribution in [2.24, 2.45) is 5.92 Å². The van der Waals surface area contributed by atoms with Crippen LogP contribution in [0.3, 0.4) is 0 Å². The lowest BCUT2D eigenvalue weighted by molar-refractivity contribution is 0.196. The van der Waals surface area contributed by atoms with Gasteiger partial charge >= 0.3 is 6.03 Å². The molecule has 2 saturated heterocycles. The van der Waals surface area contributed by atoms with E-state index in [1.54, 1.807) is 0 Å². The van der Waals surface area contributed by atoms with Crippen LogP contribution in [0.5, 0.6) is 0 Å². The number of fused-ring (bicyclic) bond motifs is 1. The summed E-state index contributed by atoms with van der Waals surface area (Å²) in [7, 11) is 0. The second-order valence-corrected chi connectivity index (χ2v) is 9.10. The molecule has 32 heavy (non-hydrogen) atoms. The number of carbonyl (C=O) groups is 1. The second-order valence-electron chi connectivity index (χ2n) is 9.10. The smallest absolute Gasteiger partial charge is 0.317 e. The third-order valence-electron chi connectivity index (χ3n) is 6.79. The van der Waals surface area contributed by atoms with Gasteiger partial charge in [-0.05, 0) is 24.5 Å². The Morgan fingerprint density at radius 1 is 1.06 bits per heavy atom. The fourth-order valence-corrected chi connectivity index (χ4v) is 5.24. The average molecular weight is 431 g/mol. The van der Waals surface area contributed by atoms with Crippen LogP contribution in [0.1, 0.15) is 22.8 Å². The highest BCUT2D eigenvalue weighted by molar-refractivity contribution is 5.75. The summed E-state index contributed by atoms with van der Waals surface area (Å²) in [5, 5.41) is 10.7. The van der Waals surface area contributed by atoms with Crippen LogP contribution in [-0.4, -0.2) is 63.7 Å². The van der Waals surface area contributed by atoms with Crippen molar-refractivity contribution < 1.29 is 4.79 Å². The van der Waals surface area contributed by atoms with Gasteiger partial charge in [0.25, 0.3) is 0 Å². The average Bonchev–Trinajstić information content (AvgIpc) is 3.48. The zero-order valence-corrected chi connectivity index (χ0v) is 18.5. The number of hydrogen-bond acceptors (Lipinski definition) is 4. The Labute approximate surface area is 188 Å². The van der Waals surface area contributed by atoms with Gasteiger partial charge in [-0.1, -0.05) is 60.7 Å². The number of aromatic nitrogens is 3. The van der Waals surface area contributed by atoms with Gasteiger partial charge in [0.05, 0.1) is 5.41 Å². The topological polar surface area (TPSA) is 77.2 Å². The molecule has 0 spiro atoms. The molecule has 7 nitrogen and oxygen atoms in total. The SMILES string of the molecule is Cc1nc([C@]23CN(Cc4ccccc4)C[C@H]2CN(C(=O)NCCc2ccccc2)C3)n[nH]1. The summed E-state index contributed by atoms with van der Waals surface area (Å²) in [5.41, 5.74) is 2.32. The molecule has 0 unspecified atom stereocenters. The minimum atomic E-state index is -0.226. The van der Waals surface area contributed by atoms with Gasteiger partial charge in [-0.3, -0.25) is 10.00 Å². The first-order chi connectivity index (χ1) is 15.6. The van der Waals surface area contributed by atoms with Gasteiger partial charge in [0.1, 0.15) is 5.82 Å². The lowest BCUT2D eigenvalue weighted by Gasteiger charge is -2.27. The monoisotopic (exact) mass is 430 g/mol. The van der Waals surface area contributed by atoms with Crippen molar-refractivity contribution in [3.63, 3.8) is 0 Å². The number of urea groups is 1. The van der Waals surface area contributed by atoms with E-state index in [-0.39, 0.29) is 11.4 Å². The number of hydrogen-bond donors (Lipinski definition) is 2. The Balaban J connectivity index is 1.27. The van der Waals surface area contributed by atoms with Crippen LogP contribution in [0.4, 0.5) is 4.79 Å². The van der Waals surface area contributed by atoms with Gasteiger partial charge in [0.2, 0.25) is 0 Å². The number of benzene rings is 2. The number of nitrogens with one attached hydrogen (secondary N) is 2. The Kier molecular flexibility index (Phi) is 5.66. The number of amides is 2. The minimum Gasteiger partial charge on any atom is -0.338 e. The van der Waals surface area contributed by atoms with Crippen molar-refractivity contribution in [3.8, 4) is 0 Å². The molecule has 5 rings (SSSR count). The van der Waals surface area contributed by atoms with Gasteiger partial charge < -0.3 is 10.2 Å². The molecule has 2 N–H and O–H groups in total. The zero-order valence-electron chi connectivity index (χ0n) is 18.5. The van der Waals surface area contributed by atoms with E-state index < -0.39 is 0 Å². The predicted molar refractivity (Wildman–Crippen MR) is 123 cm³/mol. The van der Waals surface area contributed by atoms with Crippen molar-refractivity contribution >= 4 is 6.03 Å². The zero-order chi connectivity index (χ0) is 22.0. The number of rotatable bonds is 6. The summed E-state index contributed by atoms with van der Waals surface area (Å²) in [5.74, 6) is 1.98. The molecule has 2 aliphatic rings. The molecule has 1 aromatic heterocycles. The van der Waals surface area contributed by atoms with Crippen LogP contribution in [0.25, 0.3) is 0 Å². The number of nitrogens with zero attached hydrogens (tertiary/aromatic N) is 4. The Hall–Kier alpha value is -3.19. The third-order valence-corrected chi connectivity index (χ3v) is 6.79. The minimum absolute atomic E-state index is 0.0107. The van der Waals surface area contributed by atoms with Crippen molar-refractivity contribution in [3.05, 3.63) is 83.4 Å². The standard InChI is InChI=1S/C25H30N6O/c1-19-27-23(29-28-19)25-17-30(14-21-10-6-3-7-11-21)15-22(25)16-31(18-25)24(32)26-13-12-20-8-4-2-5-9-20/h2-11,22H,12-18H2,1H3,(H,26,32)(H,27,28,29)/t22-,25-/m0/s1. The van der Waals surface area contributed by atoms with Crippen molar-refractivity contribution in [1.82, 2.24) is 30.3 Å². The maximum Gasteiger partial charge on any atom is 0.317 e. The third kappa shape index (κ3) is 4.12. The van der Waals surface area contributed by atoms with Crippen LogP contribution in [0, 0.1) is 12.8 Å². The van der Waals surface area contributed by atoms with Gasteiger partial charge in [0.15, 0.2) is 5.82 Å². The Morgan fingerprint density at radius 2 is 1.78 bits per heavy atom. The number of carbonyl (C=O) groups excluding carboxylic acids is 1. The normalized spacial score (nSPS) is 22.8. The first-order valence-corrected chi connectivity index (χ1v) is 11.3. The lowest BCUT2D eigenvalue weighted by Crippen LogP contribution is -2.44. The summed E-state index contributed by atoms with van der Waals surface area (Å²) < 4.78 is 0. The van der Waals surface area contributed by atoms with Crippen LogP contribution in [0.15, 0.2) is 60.7 Å².